The van der Waals surface area contributed by atoms with Crippen molar-refractivity contribution >= 4 is 0 Å². The minimum Gasteiger partial charge on any atom is -0.493 e. The first-order valence-electron chi connectivity index (χ1n) is 8.27. The van der Waals surface area contributed by atoms with E-state index in [0.29, 0.717) is 6.61 Å². The van der Waals surface area contributed by atoms with E-state index in [1.54, 1.807) is 0 Å². The molecule has 1 aromatic carbocycles. The van der Waals surface area contributed by atoms with Crippen LogP contribution in [0.25, 0.3) is 0 Å². The molecule has 122 valence electrons. The topological polar surface area (TPSA) is 9.23 Å². The molecule has 1 rings (SSSR count). The minimum atomic E-state index is 0.0416. The summed E-state index contributed by atoms with van der Waals surface area (Å²) in [5.41, 5.74) is 3.95. The maximum absolute atomic E-state index is 6.07. The molecule has 1 heteroatoms. The molecule has 0 aliphatic carbocycles. The average Bonchev–Trinajstić information content (AvgIpc) is 2.37. The fourth-order valence-corrected chi connectivity index (χ4v) is 2.63. The predicted molar refractivity (Wildman–Crippen MR) is 96.7 cm³/mol. The maximum Gasteiger partial charge on any atom is 0.126 e. The van der Waals surface area contributed by atoms with E-state index >= 15 is 0 Å². The monoisotopic (exact) mass is 300 g/mol. The first-order chi connectivity index (χ1) is 10.0. The molecule has 0 spiro atoms. The number of hydrogen-bond donors (Lipinski definition) is 0. The summed E-state index contributed by atoms with van der Waals surface area (Å²) in [7, 11) is 0. The summed E-state index contributed by atoms with van der Waals surface area (Å²) >= 11 is 0. The van der Waals surface area contributed by atoms with Gasteiger partial charge >= 0.3 is 0 Å². The lowest BCUT2D eigenvalue weighted by atomic mass is 9.77. The van der Waals surface area contributed by atoms with Gasteiger partial charge in [0.1, 0.15) is 5.75 Å². The van der Waals surface area contributed by atoms with Crippen molar-refractivity contribution in [3.8, 4) is 18.1 Å². The van der Waals surface area contributed by atoms with Gasteiger partial charge in [-0.3, -0.25) is 0 Å². The smallest absolute Gasteiger partial charge is 0.126 e. The summed E-state index contributed by atoms with van der Waals surface area (Å²) in [6.07, 6.45) is 6.48. The summed E-state index contributed by atoms with van der Waals surface area (Å²) in [6.45, 7) is 18.3. The Labute approximate surface area is 137 Å². The van der Waals surface area contributed by atoms with Crippen LogP contribution < -0.4 is 4.74 Å². The van der Waals surface area contributed by atoms with Crippen LogP contribution >= 0.6 is 0 Å². The van der Waals surface area contributed by atoms with Gasteiger partial charge in [0.15, 0.2) is 0 Å². The second-order valence-corrected chi connectivity index (χ2v) is 8.22. The van der Waals surface area contributed by atoms with E-state index in [0.717, 1.165) is 12.2 Å². The molecule has 0 saturated heterocycles. The second kappa shape index (κ2) is 6.78. The van der Waals surface area contributed by atoms with Gasteiger partial charge in [-0.25, -0.2) is 0 Å². The number of hydrogen-bond acceptors (Lipinski definition) is 1. The van der Waals surface area contributed by atoms with Crippen molar-refractivity contribution in [2.24, 2.45) is 5.92 Å². The van der Waals surface area contributed by atoms with Crippen molar-refractivity contribution in [2.75, 3.05) is 6.61 Å². The number of terminal acetylenes is 1. The van der Waals surface area contributed by atoms with Gasteiger partial charge < -0.3 is 4.74 Å². The molecule has 0 aromatic heterocycles. The first kappa shape index (κ1) is 18.6. The van der Waals surface area contributed by atoms with Gasteiger partial charge in [0.05, 0.1) is 6.61 Å². The zero-order chi connectivity index (χ0) is 17.1. The van der Waals surface area contributed by atoms with Crippen LogP contribution in [0.3, 0.4) is 0 Å². The van der Waals surface area contributed by atoms with Crippen LogP contribution in [0.15, 0.2) is 12.1 Å². The zero-order valence-electron chi connectivity index (χ0n) is 15.6. The summed E-state index contributed by atoms with van der Waals surface area (Å²) in [6, 6.07) is 4.57. The van der Waals surface area contributed by atoms with Crippen LogP contribution in [-0.4, -0.2) is 6.61 Å². The standard InChI is InChI=1S/C21H32O/c1-10-15(3)12-16-13-17(20(4,5)6)19(22-11-2)18(14-16)21(7,8)9/h1,13-15H,11-12H2,2-9H3. The Hall–Kier alpha value is -1.42. The molecular weight excluding hydrogens is 268 g/mol. The summed E-state index contributed by atoms with van der Waals surface area (Å²) < 4.78 is 6.07. The first-order valence-corrected chi connectivity index (χ1v) is 8.27. The lowest BCUT2D eigenvalue weighted by molar-refractivity contribution is 0.319. The van der Waals surface area contributed by atoms with Crippen LogP contribution in [0.5, 0.6) is 5.75 Å². The third-order valence-electron chi connectivity index (χ3n) is 3.88. The van der Waals surface area contributed by atoms with Crippen molar-refractivity contribution in [1.29, 1.82) is 0 Å². The molecule has 0 saturated carbocycles. The largest absolute Gasteiger partial charge is 0.493 e. The molecule has 1 unspecified atom stereocenters. The van der Waals surface area contributed by atoms with Crippen LogP contribution in [0.1, 0.15) is 72.1 Å². The fraction of sp³-hybridized carbons (Fsp3) is 0.619. The Kier molecular flexibility index (Phi) is 5.74. The van der Waals surface area contributed by atoms with Gasteiger partial charge in [-0.2, -0.15) is 0 Å². The van der Waals surface area contributed by atoms with E-state index < -0.39 is 0 Å². The average molecular weight is 300 g/mol. The molecule has 0 amide bonds. The van der Waals surface area contributed by atoms with Crippen LogP contribution in [-0.2, 0) is 17.3 Å². The highest BCUT2D eigenvalue weighted by Crippen LogP contribution is 2.41. The van der Waals surface area contributed by atoms with Gasteiger partial charge in [-0.1, -0.05) is 60.6 Å². The number of rotatable bonds is 4. The normalized spacial score (nSPS) is 13.6. The molecule has 1 nitrogen and oxygen atoms in total. The van der Waals surface area contributed by atoms with Crippen molar-refractivity contribution < 1.29 is 4.74 Å². The minimum absolute atomic E-state index is 0.0416. The highest BCUT2D eigenvalue weighted by atomic mass is 16.5. The molecule has 0 radical (unpaired) electrons. The molecule has 0 N–H and O–H groups in total. The van der Waals surface area contributed by atoms with E-state index in [4.69, 9.17) is 11.2 Å². The maximum atomic E-state index is 6.07. The molecule has 0 aliphatic rings. The van der Waals surface area contributed by atoms with E-state index in [1.807, 2.05) is 6.92 Å². The van der Waals surface area contributed by atoms with Gasteiger partial charge in [0, 0.05) is 17.0 Å². The summed E-state index contributed by atoms with van der Waals surface area (Å²) in [5, 5.41) is 0. The zero-order valence-corrected chi connectivity index (χ0v) is 15.6. The van der Waals surface area contributed by atoms with Gasteiger partial charge in [0.2, 0.25) is 0 Å². The summed E-state index contributed by atoms with van der Waals surface area (Å²) in [5.74, 6) is 4.14. The van der Waals surface area contributed by atoms with E-state index in [2.05, 4.69) is 66.5 Å². The third kappa shape index (κ3) is 4.54. The van der Waals surface area contributed by atoms with Crippen LogP contribution in [0, 0.1) is 18.3 Å². The SMILES string of the molecule is C#CC(C)Cc1cc(C(C)(C)C)c(OCC)c(C(C)(C)C)c1. The van der Waals surface area contributed by atoms with Gasteiger partial charge in [-0.05, 0) is 29.7 Å². The van der Waals surface area contributed by atoms with Crippen LogP contribution in [0.4, 0.5) is 0 Å². The molecule has 1 atom stereocenters. The number of ether oxygens (including phenoxy) is 1. The number of benzene rings is 1. The molecule has 22 heavy (non-hydrogen) atoms. The molecule has 0 bridgehead atoms. The molecule has 1 aromatic rings. The Bertz CT molecular complexity index is 512. The Balaban J connectivity index is 3.58. The third-order valence-corrected chi connectivity index (χ3v) is 3.88. The molecular formula is C21H32O. The lowest BCUT2D eigenvalue weighted by Crippen LogP contribution is -2.20. The van der Waals surface area contributed by atoms with E-state index in [9.17, 15) is 0 Å². The Morgan fingerprint density at radius 2 is 1.50 bits per heavy atom. The van der Waals surface area contributed by atoms with Crippen molar-refractivity contribution in [3.63, 3.8) is 0 Å². The van der Waals surface area contributed by atoms with Crippen molar-refractivity contribution in [2.45, 2.75) is 72.6 Å². The van der Waals surface area contributed by atoms with Gasteiger partial charge in [-0.15, -0.1) is 12.3 Å². The van der Waals surface area contributed by atoms with E-state index in [1.165, 1.54) is 16.7 Å². The Morgan fingerprint density at radius 1 is 1.05 bits per heavy atom. The van der Waals surface area contributed by atoms with Crippen molar-refractivity contribution in [3.05, 3.63) is 28.8 Å². The highest BCUT2D eigenvalue weighted by Gasteiger charge is 2.27. The molecule has 0 fully saturated rings. The quantitative estimate of drug-likeness (QED) is 0.668. The fourth-order valence-electron chi connectivity index (χ4n) is 2.63. The molecule has 0 heterocycles. The lowest BCUT2D eigenvalue weighted by Gasteiger charge is -2.30. The molecule has 0 aliphatic heterocycles. The summed E-state index contributed by atoms with van der Waals surface area (Å²) in [4.78, 5) is 0. The Morgan fingerprint density at radius 3 is 1.82 bits per heavy atom. The van der Waals surface area contributed by atoms with Crippen LogP contribution in [0.2, 0.25) is 0 Å². The van der Waals surface area contributed by atoms with Crippen molar-refractivity contribution in [1.82, 2.24) is 0 Å². The predicted octanol–water partition coefficient (Wildman–Crippen LogP) is 5.49. The second-order valence-electron chi connectivity index (χ2n) is 8.22. The van der Waals surface area contributed by atoms with E-state index in [-0.39, 0.29) is 16.7 Å². The highest BCUT2D eigenvalue weighted by molar-refractivity contribution is 5.51. The van der Waals surface area contributed by atoms with Gasteiger partial charge in [0.25, 0.3) is 0 Å².